The molecule has 11 heteroatoms. The normalized spacial score (nSPS) is 15.0. The van der Waals surface area contributed by atoms with Crippen LogP contribution in [0.25, 0.3) is 5.69 Å². The van der Waals surface area contributed by atoms with E-state index in [1.165, 1.54) is 11.1 Å². The van der Waals surface area contributed by atoms with E-state index in [2.05, 4.69) is 5.10 Å². The number of amides is 1. The van der Waals surface area contributed by atoms with Crippen molar-refractivity contribution in [3.05, 3.63) is 73.5 Å². The van der Waals surface area contributed by atoms with Crippen LogP contribution in [0.2, 0.25) is 15.1 Å². The van der Waals surface area contributed by atoms with Gasteiger partial charge in [-0.15, -0.1) is 5.10 Å². The fourth-order valence-electron chi connectivity index (χ4n) is 3.35. The number of rotatable bonds is 5. The van der Waals surface area contributed by atoms with Gasteiger partial charge in [-0.05, 0) is 45.4 Å². The van der Waals surface area contributed by atoms with Crippen molar-refractivity contribution >= 4 is 40.7 Å². The quantitative estimate of drug-likeness (QED) is 0.326. The molecule has 0 saturated carbocycles. The first kappa shape index (κ1) is 30.0. The highest BCUT2D eigenvalue weighted by Crippen LogP contribution is 2.34. The number of nitrogens with zero attached hydrogens (tertiary/aromatic N) is 3. The third kappa shape index (κ3) is 7.11. The molecule has 2 aromatic carbocycles. The van der Waals surface area contributed by atoms with Gasteiger partial charge in [-0.3, -0.25) is 9.63 Å². The van der Waals surface area contributed by atoms with E-state index in [1.807, 2.05) is 72.7 Å². The molecule has 206 valence electrons. The zero-order valence-electron chi connectivity index (χ0n) is 22.5. The van der Waals surface area contributed by atoms with Crippen molar-refractivity contribution in [2.24, 2.45) is 5.41 Å². The summed E-state index contributed by atoms with van der Waals surface area (Å²) < 4.78 is 11.9. The van der Waals surface area contributed by atoms with E-state index in [0.717, 1.165) is 10.2 Å². The third-order valence-electron chi connectivity index (χ3n) is 5.44. The lowest BCUT2D eigenvalue weighted by Gasteiger charge is -2.16. The number of carbonyl (C=O) groups excluding carboxylic acids is 1. The average molecular weight is 585 g/mol. The molecule has 38 heavy (non-hydrogen) atoms. The standard InChI is InChI=1S/C15H18Cl2N2O3.C12H14ClNO2/c1-8(2)21-12-7-11(9(16)6-10(12)17)19-14(20)22-13(18-19)15(3,4)5;1-12(2)8-16-14(11(12)15)7-9-5-3-4-6-10(9)13/h6-8H,1-5H3;3-6H,7-8H2,1-2H3. The Hall–Kier alpha value is -2.52. The number of hydrogen-bond acceptors (Lipinski definition) is 6. The fraction of sp³-hybridized carbons (Fsp3) is 0.444. The van der Waals surface area contributed by atoms with E-state index in [1.54, 1.807) is 6.07 Å². The Bertz CT molecular complexity index is 1360. The molecule has 1 amide bonds. The van der Waals surface area contributed by atoms with Crippen LogP contribution in [0.1, 0.15) is 59.9 Å². The number of carbonyl (C=O) groups is 1. The number of hydrogen-bond donors (Lipinski definition) is 0. The number of halogens is 3. The summed E-state index contributed by atoms with van der Waals surface area (Å²) in [7, 11) is 0. The third-order valence-corrected chi connectivity index (χ3v) is 6.41. The van der Waals surface area contributed by atoms with Crippen molar-refractivity contribution in [3.63, 3.8) is 0 Å². The lowest BCUT2D eigenvalue weighted by molar-refractivity contribution is -0.165. The van der Waals surface area contributed by atoms with E-state index in [9.17, 15) is 9.59 Å². The SMILES string of the molecule is CC(C)Oc1cc(-n2nc(C(C)(C)C)oc2=O)c(Cl)cc1Cl.CC1(C)CON(Cc2ccccc2Cl)C1=O. The second-order valence-corrected chi connectivity index (χ2v) is 12.0. The van der Waals surface area contributed by atoms with Crippen LogP contribution in [0.4, 0.5) is 0 Å². The maximum absolute atomic E-state index is 12.1. The number of aromatic nitrogens is 2. The highest BCUT2D eigenvalue weighted by atomic mass is 35.5. The molecule has 0 aliphatic carbocycles. The predicted molar refractivity (Wildman–Crippen MR) is 148 cm³/mol. The molecule has 1 aliphatic rings. The van der Waals surface area contributed by atoms with Gasteiger partial charge in [0.15, 0.2) is 0 Å². The minimum Gasteiger partial charge on any atom is -0.489 e. The maximum atomic E-state index is 12.1. The molecular formula is C27H32Cl3N3O5. The number of ether oxygens (including phenoxy) is 1. The fourth-order valence-corrected chi connectivity index (χ4v) is 4.06. The Morgan fingerprint density at radius 1 is 1.05 bits per heavy atom. The molecule has 2 heterocycles. The lowest BCUT2D eigenvalue weighted by atomic mass is 9.95. The molecule has 1 fully saturated rings. The molecule has 0 N–H and O–H groups in total. The van der Waals surface area contributed by atoms with Crippen LogP contribution in [0.5, 0.6) is 5.75 Å². The largest absolute Gasteiger partial charge is 0.489 e. The van der Waals surface area contributed by atoms with E-state index >= 15 is 0 Å². The van der Waals surface area contributed by atoms with Crippen molar-refractivity contribution in [2.75, 3.05) is 6.61 Å². The van der Waals surface area contributed by atoms with Gasteiger partial charge in [0.2, 0.25) is 5.89 Å². The first-order valence-corrected chi connectivity index (χ1v) is 13.2. The minimum absolute atomic E-state index is 0.00687. The monoisotopic (exact) mass is 583 g/mol. The van der Waals surface area contributed by atoms with Crippen LogP contribution in [0, 0.1) is 5.41 Å². The summed E-state index contributed by atoms with van der Waals surface area (Å²) in [5.41, 5.74) is 0.447. The van der Waals surface area contributed by atoms with Crippen LogP contribution in [-0.2, 0) is 21.6 Å². The van der Waals surface area contributed by atoms with Crippen LogP contribution in [0.15, 0.2) is 45.6 Å². The van der Waals surface area contributed by atoms with Gasteiger partial charge in [0, 0.05) is 16.5 Å². The highest BCUT2D eigenvalue weighted by Gasteiger charge is 2.40. The zero-order valence-corrected chi connectivity index (χ0v) is 24.7. The van der Waals surface area contributed by atoms with Crippen molar-refractivity contribution in [2.45, 2.75) is 66.5 Å². The molecule has 0 unspecified atom stereocenters. The summed E-state index contributed by atoms with van der Waals surface area (Å²) in [5.74, 6) is 0.162. The van der Waals surface area contributed by atoms with Gasteiger partial charge in [0.1, 0.15) is 5.75 Å². The molecule has 8 nitrogen and oxygen atoms in total. The van der Waals surface area contributed by atoms with Gasteiger partial charge >= 0.3 is 5.76 Å². The average Bonchev–Trinajstić information content (AvgIpc) is 3.32. The predicted octanol–water partition coefficient (Wildman–Crippen LogP) is 6.86. The summed E-state index contributed by atoms with van der Waals surface area (Å²) in [6.45, 7) is 14.1. The molecule has 3 aromatic rings. The summed E-state index contributed by atoms with van der Waals surface area (Å²) in [6, 6.07) is 10.6. The molecule has 1 aliphatic heterocycles. The molecular weight excluding hydrogens is 553 g/mol. The van der Waals surface area contributed by atoms with Gasteiger partial charge in [0.25, 0.3) is 5.91 Å². The van der Waals surface area contributed by atoms with Gasteiger partial charge < -0.3 is 9.15 Å². The zero-order chi connectivity index (χ0) is 28.4. The molecule has 0 radical (unpaired) electrons. The topological polar surface area (TPSA) is 86.8 Å². The van der Waals surface area contributed by atoms with E-state index < -0.39 is 11.2 Å². The summed E-state index contributed by atoms with van der Waals surface area (Å²) >= 11 is 18.3. The summed E-state index contributed by atoms with van der Waals surface area (Å²) in [4.78, 5) is 29.3. The second kappa shape index (κ2) is 11.7. The second-order valence-electron chi connectivity index (χ2n) is 10.8. The van der Waals surface area contributed by atoms with Crippen LogP contribution < -0.4 is 10.5 Å². The van der Waals surface area contributed by atoms with Crippen molar-refractivity contribution in [3.8, 4) is 11.4 Å². The Kier molecular flexibility index (Phi) is 9.24. The minimum atomic E-state index is -0.607. The first-order chi connectivity index (χ1) is 17.6. The summed E-state index contributed by atoms with van der Waals surface area (Å²) in [6.07, 6.45) is -0.0642. The Morgan fingerprint density at radius 3 is 2.24 bits per heavy atom. The number of hydroxylamine groups is 2. The lowest BCUT2D eigenvalue weighted by Crippen LogP contribution is -2.30. The molecule has 0 bridgehead atoms. The van der Waals surface area contributed by atoms with Gasteiger partial charge in [-0.2, -0.15) is 4.68 Å². The van der Waals surface area contributed by atoms with Crippen LogP contribution in [0.3, 0.4) is 0 Å². The van der Waals surface area contributed by atoms with Gasteiger partial charge in [-0.1, -0.05) is 73.8 Å². The molecule has 1 aromatic heterocycles. The molecule has 4 rings (SSSR count). The van der Waals surface area contributed by atoms with Crippen molar-refractivity contribution < 1.29 is 18.8 Å². The van der Waals surface area contributed by atoms with Crippen molar-refractivity contribution in [1.82, 2.24) is 14.8 Å². The first-order valence-electron chi connectivity index (χ1n) is 12.0. The maximum Gasteiger partial charge on any atom is 0.442 e. The van der Waals surface area contributed by atoms with E-state index in [4.69, 9.17) is 48.8 Å². The number of benzene rings is 2. The van der Waals surface area contributed by atoms with Gasteiger partial charge in [-0.25, -0.2) is 9.86 Å². The Morgan fingerprint density at radius 2 is 1.71 bits per heavy atom. The molecule has 0 spiro atoms. The van der Waals surface area contributed by atoms with Crippen molar-refractivity contribution in [1.29, 1.82) is 0 Å². The molecule has 0 atom stereocenters. The summed E-state index contributed by atoms with van der Waals surface area (Å²) in [5, 5.41) is 6.92. The van der Waals surface area contributed by atoms with Crippen LogP contribution >= 0.6 is 34.8 Å². The Labute approximate surface area is 237 Å². The van der Waals surface area contributed by atoms with Crippen LogP contribution in [-0.4, -0.2) is 33.5 Å². The smallest absolute Gasteiger partial charge is 0.442 e. The van der Waals surface area contributed by atoms with E-state index in [0.29, 0.717) is 40.5 Å². The molecule has 1 saturated heterocycles. The highest BCUT2D eigenvalue weighted by molar-refractivity contribution is 6.36. The Balaban J connectivity index is 0.000000221. The van der Waals surface area contributed by atoms with Gasteiger partial charge in [0.05, 0.1) is 40.4 Å². The van der Waals surface area contributed by atoms with E-state index in [-0.39, 0.29) is 22.4 Å².